The molecule has 1 atom stereocenters. The smallest absolute Gasteiger partial charge is 0.220 e. The van der Waals surface area contributed by atoms with Gasteiger partial charge in [-0.3, -0.25) is 4.79 Å². The Kier molecular flexibility index (Phi) is 5.22. The van der Waals surface area contributed by atoms with Gasteiger partial charge in [-0.1, -0.05) is 0 Å². The van der Waals surface area contributed by atoms with Crippen LogP contribution in [-0.4, -0.2) is 38.3 Å². The van der Waals surface area contributed by atoms with E-state index in [1.165, 1.54) is 6.42 Å². The molecule has 0 aromatic heterocycles. The maximum absolute atomic E-state index is 11.8. The molecule has 0 bridgehead atoms. The van der Waals surface area contributed by atoms with Crippen molar-refractivity contribution in [2.45, 2.75) is 38.6 Å². The van der Waals surface area contributed by atoms with E-state index in [1.807, 2.05) is 13.8 Å². The summed E-state index contributed by atoms with van der Waals surface area (Å²) in [5, 5.41) is 6.34. The fourth-order valence-electron chi connectivity index (χ4n) is 2.19. The Balaban J connectivity index is 2.28. The van der Waals surface area contributed by atoms with Crippen LogP contribution in [0.1, 0.15) is 33.1 Å². The van der Waals surface area contributed by atoms with Gasteiger partial charge >= 0.3 is 0 Å². The van der Waals surface area contributed by atoms with Gasteiger partial charge in [-0.15, -0.1) is 0 Å². The molecule has 0 spiro atoms. The van der Waals surface area contributed by atoms with Crippen LogP contribution in [0.25, 0.3) is 0 Å². The van der Waals surface area contributed by atoms with Crippen LogP contribution in [0.3, 0.4) is 0 Å². The van der Waals surface area contributed by atoms with E-state index >= 15 is 0 Å². The SMILES string of the molecule is COCC(C)(C)NC(=O)CC1CCCNC1. The average Bonchev–Trinajstić information content (AvgIpc) is 2.17. The first-order chi connectivity index (χ1) is 7.53. The minimum atomic E-state index is -0.270. The number of carbonyl (C=O) groups excluding carboxylic acids is 1. The first-order valence-electron chi connectivity index (χ1n) is 6.04. The van der Waals surface area contributed by atoms with Crippen LogP contribution in [0.5, 0.6) is 0 Å². The number of hydrogen-bond acceptors (Lipinski definition) is 3. The van der Waals surface area contributed by atoms with Crippen LogP contribution in [0.4, 0.5) is 0 Å². The second-order valence-electron chi connectivity index (χ2n) is 5.28. The van der Waals surface area contributed by atoms with Crippen molar-refractivity contribution >= 4 is 5.91 Å². The molecule has 1 aliphatic heterocycles. The lowest BCUT2D eigenvalue weighted by Gasteiger charge is -2.27. The van der Waals surface area contributed by atoms with Crippen LogP contribution < -0.4 is 10.6 Å². The molecule has 94 valence electrons. The fourth-order valence-corrected chi connectivity index (χ4v) is 2.19. The summed E-state index contributed by atoms with van der Waals surface area (Å²) >= 11 is 0. The van der Waals surface area contributed by atoms with E-state index in [4.69, 9.17) is 4.74 Å². The molecule has 0 saturated carbocycles. The monoisotopic (exact) mass is 228 g/mol. The van der Waals surface area contributed by atoms with E-state index in [0.717, 1.165) is 19.5 Å². The number of amides is 1. The highest BCUT2D eigenvalue weighted by Gasteiger charge is 2.23. The van der Waals surface area contributed by atoms with Crippen molar-refractivity contribution in [3.63, 3.8) is 0 Å². The largest absolute Gasteiger partial charge is 0.382 e. The molecule has 1 fully saturated rings. The standard InChI is InChI=1S/C12H24N2O2/c1-12(2,9-16-3)14-11(15)7-10-5-4-6-13-8-10/h10,13H,4-9H2,1-3H3,(H,14,15). The Morgan fingerprint density at radius 3 is 2.88 bits per heavy atom. The zero-order chi connectivity index (χ0) is 12.0. The molecule has 0 radical (unpaired) electrons. The van der Waals surface area contributed by atoms with Gasteiger partial charge < -0.3 is 15.4 Å². The highest BCUT2D eigenvalue weighted by molar-refractivity contribution is 5.77. The van der Waals surface area contributed by atoms with E-state index in [1.54, 1.807) is 7.11 Å². The van der Waals surface area contributed by atoms with E-state index in [2.05, 4.69) is 10.6 Å². The molecule has 16 heavy (non-hydrogen) atoms. The van der Waals surface area contributed by atoms with Gasteiger partial charge in [0.1, 0.15) is 0 Å². The summed E-state index contributed by atoms with van der Waals surface area (Å²) in [6.45, 7) is 6.56. The van der Waals surface area contributed by atoms with Crippen LogP contribution in [-0.2, 0) is 9.53 Å². The van der Waals surface area contributed by atoms with Gasteiger partial charge in [-0.25, -0.2) is 0 Å². The highest BCUT2D eigenvalue weighted by Crippen LogP contribution is 2.14. The third kappa shape index (κ3) is 4.94. The molecule has 0 aliphatic carbocycles. The van der Waals surface area contributed by atoms with Crippen LogP contribution in [0, 0.1) is 5.92 Å². The molecule has 1 heterocycles. The number of rotatable bonds is 5. The minimum Gasteiger partial charge on any atom is -0.382 e. The molecule has 1 unspecified atom stereocenters. The normalized spacial score (nSPS) is 21.8. The maximum atomic E-state index is 11.8. The summed E-state index contributed by atoms with van der Waals surface area (Å²) in [7, 11) is 1.65. The third-order valence-electron chi connectivity index (χ3n) is 2.86. The van der Waals surface area contributed by atoms with Gasteiger partial charge in [0.15, 0.2) is 0 Å². The molecule has 1 saturated heterocycles. The van der Waals surface area contributed by atoms with Gasteiger partial charge in [-0.2, -0.15) is 0 Å². The Morgan fingerprint density at radius 2 is 2.31 bits per heavy atom. The highest BCUT2D eigenvalue weighted by atomic mass is 16.5. The third-order valence-corrected chi connectivity index (χ3v) is 2.86. The molecule has 0 aromatic rings. The van der Waals surface area contributed by atoms with Crippen molar-refractivity contribution in [2.75, 3.05) is 26.8 Å². The lowest BCUT2D eigenvalue weighted by Crippen LogP contribution is -2.47. The number of methoxy groups -OCH3 is 1. The molecular formula is C12H24N2O2. The molecule has 2 N–H and O–H groups in total. The Bertz CT molecular complexity index is 223. The first-order valence-corrected chi connectivity index (χ1v) is 6.04. The number of ether oxygens (including phenoxy) is 1. The molecule has 1 rings (SSSR count). The molecule has 0 aromatic carbocycles. The molecular weight excluding hydrogens is 204 g/mol. The van der Waals surface area contributed by atoms with Gasteiger partial charge in [-0.05, 0) is 45.7 Å². The number of nitrogens with one attached hydrogen (secondary N) is 2. The van der Waals surface area contributed by atoms with Crippen molar-refractivity contribution in [3.05, 3.63) is 0 Å². The van der Waals surface area contributed by atoms with E-state index in [9.17, 15) is 4.79 Å². The quantitative estimate of drug-likeness (QED) is 0.735. The first kappa shape index (κ1) is 13.5. The van der Waals surface area contributed by atoms with Gasteiger partial charge in [0.25, 0.3) is 0 Å². The van der Waals surface area contributed by atoms with Crippen LogP contribution in [0.15, 0.2) is 0 Å². The van der Waals surface area contributed by atoms with Crippen molar-refractivity contribution in [3.8, 4) is 0 Å². The summed E-state index contributed by atoms with van der Waals surface area (Å²) in [6.07, 6.45) is 2.96. The summed E-state index contributed by atoms with van der Waals surface area (Å²) in [5.41, 5.74) is -0.270. The lowest BCUT2D eigenvalue weighted by molar-refractivity contribution is -0.124. The zero-order valence-corrected chi connectivity index (χ0v) is 10.6. The second kappa shape index (κ2) is 6.21. The Morgan fingerprint density at radius 1 is 1.56 bits per heavy atom. The lowest BCUT2D eigenvalue weighted by atomic mass is 9.95. The second-order valence-corrected chi connectivity index (χ2v) is 5.28. The van der Waals surface area contributed by atoms with Crippen molar-refractivity contribution in [1.29, 1.82) is 0 Å². The summed E-state index contributed by atoms with van der Waals surface area (Å²) in [4.78, 5) is 11.8. The summed E-state index contributed by atoms with van der Waals surface area (Å²) in [6, 6.07) is 0. The van der Waals surface area contributed by atoms with Crippen molar-refractivity contribution < 1.29 is 9.53 Å². The summed E-state index contributed by atoms with van der Waals surface area (Å²) in [5.74, 6) is 0.628. The Labute approximate surface area is 98.1 Å². The van der Waals surface area contributed by atoms with E-state index in [-0.39, 0.29) is 11.4 Å². The number of carbonyl (C=O) groups is 1. The molecule has 1 amide bonds. The topological polar surface area (TPSA) is 50.4 Å². The zero-order valence-electron chi connectivity index (χ0n) is 10.6. The molecule has 4 nitrogen and oxygen atoms in total. The van der Waals surface area contributed by atoms with Crippen molar-refractivity contribution in [2.24, 2.45) is 5.92 Å². The maximum Gasteiger partial charge on any atom is 0.220 e. The number of piperidine rings is 1. The summed E-state index contributed by atoms with van der Waals surface area (Å²) < 4.78 is 5.07. The fraction of sp³-hybridized carbons (Fsp3) is 0.917. The van der Waals surface area contributed by atoms with E-state index in [0.29, 0.717) is 18.9 Å². The van der Waals surface area contributed by atoms with Gasteiger partial charge in [0.05, 0.1) is 12.1 Å². The van der Waals surface area contributed by atoms with Crippen molar-refractivity contribution in [1.82, 2.24) is 10.6 Å². The van der Waals surface area contributed by atoms with E-state index < -0.39 is 0 Å². The minimum absolute atomic E-state index is 0.135. The molecule has 4 heteroatoms. The molecule has 1 aliphatic rings. The number of hydrogen-bond donors (Lipinski definition) is 2. The predicted molar refractivity (Wildman–Crippen MR) is 64.3 cm³/mol. The average molecular weight is 228 g/mol. The Hall–Kier alpha value is -0.610. The van der Waals surface area contributed by atoms with Crippen LogP contribution >= 0.6 is 0 Å². The van der Waals surface area contributed by atoms with Crippen LogP contribution in [0.2, 0.25) is 0 Å². The van der Waals surface area contributed by atoms with Gasteiger partial charge in [0.2, 0.25) is 5.91 Å². The van der Waals surface area contributed by atoms with Gasteiger partial charge in [0, 0.05) is 13.5 Å². The predicted octanol–water partition coefficient (Wildman–Crippen LogP) is 0.917.